The van der Waals surface area contributed by atoms with E-state index in [9.17, 15) is 8.42 Å². The Labute approximate surface area is 178 Å². The number of hydrogen-bond acceptors (Lipinski definition) is 8. The molecule has 30 heavy (non-hydrogen) atoms. The number of sulfonamides is 1. The maximum atomic E-state index is 12.9. The first-order valence-electron chi connectivity index (χ1n) is 9.35. The molecule has 0 atom stereocenters. The van der Waals surface area contributed by atoms with E-state index in [0.29, 0.717) is 35.5 Å². The molecular formula is C18H20N8O2S2. The van der Waals surface area contributed by atoms with Crippen molar-refractivity contribution in [2.45, 2.75) is 29.7 Å². The molecule has 0 saturated heterocycles. The van der Waals surface area contributed by atoms with E-state index in [1.54, 1.807) is 27.4 Å². The van der Waals surface area contributed by atoms with E-state index >= 15 is 0 Å². The summed E-state index contributed by atoms with van der Waals surface area (Å²) in [6.45, 7) is 4.44. The Morgan fingerprint density at radius 1 is 1.00 bits per heavy atom. The molecule has 0 spiro atoms. The van der Waals surface area contributed by atoms with Crippen molar-refractivity contribution < 1.29 is 8.42 Å². The molecule has 1 aromatic carbocycles. The van der Waals surface area contributed by atoms with E-state index in [1.807, 2.05) is 44.2 Å². The molecule has 0 aliphatic rings. The molecular weight excluding hydrogens is 424 g/mol. The molecule has 0 fully saturated rings. The lowest BCUT2D eigenvalue weighted by Gasteiger charge is -2.18. The predicted molar refractivity (Wildman–Crippen MR) is 112 cm³/mol. The summed E-state index contributed by atoms with van der Waals surface area (Å²) in [5.74, 6) is 1.09. The molecule has 0 unspecified atom stereocenters. The number of rotatable bonds is 8. The fourth-order valence-corrected chi connectivity index (χ4v) is 5.29. The smallest absolute Gasteiger partial charge is 0.244 e. The van der Waals surface area contributed by atoms with Crippen molar-refractivity contribution >= 4 is 27.4 Å². The minimum Gasteiger partial charge on any atom is -0.276 e. The van der Waals surface area contributed by atoms with E-state index in [0.717, 1.165) is 5.69 Å². The normalized spacial score (nSPS) is 12.1. The van der Waals surface area contributed by atoms with Gasteiger partial charge in [0, 0.05) is 19.3 Å². The van der Waals surface area contributed by atoms with Crippen LogP contribution in [-0.2, 0) is 15.8 Å². The SMILES string of the molecule is CCN(CC)S(=O)(=O)c1ccc2nnc(SCc3nnnn3-c3ccccc3)n2c1. The van der Waals surface area contributed by atoms with Crippen LogP contribution in [0.4, 0.5) is 0 Å². The zero-order chi connectivity index (χ0) is 21.1. The van der Waals surface area contributed by atoms with Crippen molar-refractivity contribution in [1.82, 2.24) is 39.1 Å². The molecule has 0 radical (unpaired) electrons. The largest absolute Gasteiger partial charge is 0.276 e. The third-order valence-corrected chi connectivity index (χ3v) is 7.52. The van der Waals surface area contributed by atoms with E-state index in [1.165, 1.54) is 16.1 Å². The number of tetrazole rings is 1. The number of thioether (sulfide) groups is 1. The molecule has 3 aromatic heterocycles. The van der Waals surface area contributed by atoms with Crippen LogP contribution in [0, 0.1) is 0 Å². The molecule has 10 nitrogen and oxygen atoms in total. The van der Waals surface area contributed by atoms with E-state index < -0.39 is 10.0 Å². The first kappa shape index (κ1) is 20.4. The summed E-state index contributed by atoms with van der Waals surface area (Å²) < 4.78 is 30.5. The summed E-state index contributed by atoms with van der Waals surface area (Å²) in [4.78, 5) is 0.203. The summed E-state index contributed by atoms with van der Waals surface area (Å²) in [6.07, 6.45) is 1.56. The third-order valence-electron chi connectivity index (χ3n) is 4.55. The molecule has 156 valence electrons. The number of nitrogens with zero attached hydrogens (tertiary/aromatic N) is 8. The summed E-state index contributed by atoms with van der Waals surface area (Å²) >= 11 is 1.38. The zero-order valence-corrected chi connectivity index (χ0v) is 18.1. The van der Waals surface area contributed by atoms with Gasteiger partial charge in [0.2, 0.25) is 10.0 Å². The van der Waals surface area contributed by atoms with E-state index in [2.05, 4.69) is 25.7 Å². The first-order chi connectivity index (χ1) is 14.5. The molecule has 4 rings (SSSR count). The minimum absolute atomic E-state index is 0.203. The van der Waals surface area contributed by atoms with Gasteiger partial charge < -0.3 is 0 Å². The summed E-state index contributed by atoms with van der Waals surface area (Å²) in [6, 6.07) is 12.8. The quantitative estimate of drug-likeness (QED) is 0.380. The van der Waals surface area contributed by atoms with Gasteiger partial charge in [0.15, 0.2) is 16.6 Å². The van der Waals surface area contributed by atoms with Gasteiger partial charge in [-0.3, -0.25) is 4.40 Å². The van der Waals surface area contributed by atoms with Gasteiger partial charge in [0.05, 0.1) is 16.3 Å². The monoisotopic (exact) mass is 444 g/mol. The van der Waals surface area contributed by atoms with Crippen LogP contribution in [0.15, 0.2) is 58.7 Å². The first-order valence-corrected chi connectivity index (χ1v) is 11.8. The van der Waals surface area contributed by atoms with Crippen LogP contribution in [0.2, 0.25) is 0 Å². The number of pyridine rings is 1. The molecule has 3 heterocycles. The van der Waals surface area contributed by atoms with Crippen molar-refractivity contribution in [3.63, 3.8) is 0 Å². The molecule has 0 bridgehead atoms. The zero-order valence-electron chi connectivity index (χ0n) is 16.5. The van der Waals surface area contributed by atoms with Crippen LogP contribution in [0.5, 0.6) is 0 Å². The van der Waals surface area contributed by atoms with Crippen LogP contribution < -0.4 is 0 Å². The number of hydrogen-bond donors (Lipinski definition) is 0. The summed E-state index contributed by atoms with van der Waals surface area (Å²) in [5.41, 5.74) is 1.43. The molecule has 0 N–H and O–H groups in total. The van der Waals surface area contributed by atoms with Crippen molar-refractivity contribution in [3.05, 3.63) is 54.5 Å². The predicted octanol–water partition coefficient (Wildman–Crippen LogP) is 2.03. The van der Waals surface area contributed by atoms with Crippen molar-refractivity contribution in [3.8, 4) is 5.69 Å². The van der Waals surface area contributed by atoms with Gasteiger partial charge in [-0.1, -0.05) is 43.8 Å². The van der Waals surface area contributed by atoms with Crippen LogP contribution >= 0.6 is 11.8 Å². The highest BCUT2D eigenvalue weighted by molar-refractivity contribution is 7.98. The van der Waals surface area contributed by atoms with E-state index in [4.69, 9.17) is 0 Å². The van der Waals surface area contributed by atoms with Gasteiger partial charge in [0.1, 0.15) is 0 Å². The van der Waals surface area contributed by atoms with Gasteiger partial charge in [-0.2, -0.15) is 8.99 Å². The summed E-state index contributed by atoms with van der Waals surface area (Å²) in [5, 5.41) is 20.8. The van der Waals surface area contributed by atoms with Gasteiger partial charge in [0.25, 0.3) is 0 Å². The Hall–Kier alpha value is -2.83. The van der Waals surface area contributed by atoms with Crippen LogP contribution in [0.25, 0.3) is 11.3 Å². The van der Waals surface area contributed by atoms with Gasteiger partial charge in [-0.05, 0) is 34.7 Å². The maximum absolute atomic E-state index is 12.9. The highest BCUT2D eigenvalue weighted by Crippen LogP contribution is 2.24. The number of aromatic nitrogens is 7. The number of para-hydroxylation sites is 1. The Morgan fingerprint density at radius 3 is 2.50 bits per heavy atom. The third kappa shape index (κ3) is 3.80. The second kappa shape index (κ2) is 8.50. The average molecular weight is 445 g/mol. The molecule has 0 amide bonds. The van der Waals surface area contributed by atoms with Crippen molar-refractivity contribution in [2.24, 2.45) is 0 Å². The van der Waals surface area contributed by atoms with Gasteiger partial charge in [-0.15, -0.1) is 15.3 Å². The second-order valence-electron chi connectivity index (χ2n) is 6.30. The fraction of sp³-hybridized carbons (Fsp3) is 0.278. The molecule has 0 saturated carbocycles. The molecule has 0 aliphatic heterocycles. The molecule has 12 heteroatoms. The lowest BCUT2D eigenvalue weighted by Crippen LogP contribution is -2.30. The van der Waals surface area contributed by atoms with Crippen molar-refractivity contribution in [1.29, 1.82) is 0 Å². The second-order valence-corrected chi connectivity index (χ2v) is 9.18. The lowest BCUT2D eigenvalue weighted by atomic mass is 10.3. The lowest BCUT2D eigenvalue weighted by molar-refractivity contribution is 0.445. The Kier molecular flexibility index (Phi) is 5.79. The Bertz CT molecular complexity index is 1250. The molecule has 0 aliphatic carbocycles. The minimum atomic E-state index is -3.58. The van der Waals surface area contributed by atoms with Gasteiger partial charge >= 0.3 is 0 Å². The van der Waals surface area contributed by atoms with E-state index in [-0.39, 0.29) is 4.90 Å². The highest BCUT2D eigenvalue weighted by Gasteiger charge is 2.23. The maximum Gasteiger partial charge on any atom is 0.244 e. The fourth-order valence-electron chi connectivity index (χ4n) is 3.01. The van der Waals surface area contributed by atoms with Gasteiger partial charge in [-0.25, -0.2) is 8.42 Å². The average Bonchev–Trinajstić information content (AvgIpc) is 3.40. The standard InChI is InChI=1S/C18H20N8O2S2/c1-3-24(4-2)30(27,28)15-10-11-16-19-21-18(25(16)12-15)29-13-17-20-22-23-26(17)14-8-6-5-7-9-14/h5-12H,3-4,13H2,1-2H3. The Morgan fingerprint density at radius 2 is 1.77 bits per heavy atom. The molecule has 4 aromatic rings. The summed E-state index contributed by atoms with van der Waals surface area (Å²) in [7, 11) is -3.58. The Balaban J connectivity index is 1.62. The topological polar surface area (TPSA) is 111 Å². The highest BCUT2D eigenvalue weighted by atomic mass is 32.2. The number of fused-ring (bicyclic) bond motifs is 1. The van der Waals surface area contributed by atoms with Crippen molar-refractivity contribution in [2.75, 3.05) is 13.1 Å². The number of benzene rings is 1. The van der Waals surface area contributed by atoms with Crippen LogP contribution in [0.3, 0.4) is 0 Å². The van der Waals surface area contributed by atoms with Crippen LogP contribution in [-0.4, -0.2) is 60.6 Å². The van der Waals surface area contributed by atoms with Crippen LogP contribution in [0.1, 0.15) is 19.7 Å².